The van der Waals surface area contributed by atoms with Crippen molar-refractivity contribution >= 4 is 0 Å². The normalized spacial score (nSPS) is 50.2. The van der Waals surface area contributed by atoms with Gasteiger partial charge in [-0.2, -0.15) is 0 Å². The highest BCUT2D eigenvalue weighted by Crippen LogP contribution is 2.68. The van der Waals surface area contributed by atoms with Crippen molar-refractivity contribution in [2.75, 3.05) is 0 Å². The highest BCUT2D eigenvalue weighted by atomic mass is 16.3. The molecule has 0 heterocycles. The fraction of sp³-hybridized carbons (Fsp3) is 1.00. The fourth-order valence-corrected chi connectivity index (χ4v) is 9.43. The maximum Gasteiger partial charge on any atom is 0.0830 e. The molecule has 4 saturated carbocycles. The van der Waals surface area contributed by atoms with E-state index in [0.29, 0.717) is 35.5 Å². The Kier molecular flexibility index (Phi) is 6.87. The molecule has 0 aromatic rings. The summed E-state index contributed by atoms with van der Waals surface area (Å²) in [5.41, 5.74) is 0.382. The molecular weight excluding hydrogens is 400 g/mol. The van der Waals surface area contributed by atoms with Crippen molar-refractivity contribution in [2.45, 2.75) is 117 Å². The van der Waals surface area contributed by atoms with Crippen LogP contribution in [-0.4, -0.2) is 44.8 Å². The Morgan fingerprint density at radius 2 is 1.41 bits per heavy atom. The summed E-state index contributed by atoms with van der Waals surface area (Å²) in [6.07, 6.45) is 6.31. The molecular formula is C28H50O4. The molecule has 0 bridgehead atoms. The van der Waals surface area contributed by atoms with Gasteiger partial charge in [0.05, 0.1) is 24.4 Å². The van der Waals surface area contributed by atoms with Gasteiger partial charge in [-0.05, 0) is 110 Å². The monoisotopic (exact) mass is 450 g/mol. The minimum atomic E-state index is -0.659. The van der Waals surface area contributed by atoms with E-state index < -0.39 is 24.4 Å². The summed E-state index contributed by atoms with van der Waals surface area (Å²) in [4.78, 5) is 0. The van der Waals surface area contributed by atoms with Crippen LogP contribution in [0, 0.1) is 58.2 Å². The quantitative estimate of drug-likeness (QED) is 0.492. The summed E-state index contributed by atoms with van der Waals surface area (Å²) < 4.78 is 0. The van der Waals surface area contributed by atoms with Crippen molar-refractivity contribution < 1.29 is 20.4 Å². The van der Waals surface area contributed by atoms with Crippen LogP contribution in [-0.2, 0) is 0 Å². The van der Waals surface area contributed by atoms with Crippen molar-refractivity contribution in [3.63, 3.8) is 0 Å². The third-order valence-corrected chi connectivity index (χ3v) is 11.9. The van der Waals surface area contributed by atoms with Crippen molar-refractivity contribution in [3.8, 4) is 0 Å². The molecule has 4 nitrogen and oxygen atoms in total. The third kappa shape index (κ3) is 3.80. The predicted molar refractivity (Wildman–Crippen MR) is 128 cm³/mol. The summed E-state index contributed by atoms with van der Waals surface area (Å²) in [5, 5.41) is 42.8. The zero-order valence-corrected chi connectivity index (χ0v) is 21.4. The minimum Gasteiger partial charge on any atom is -0.390 e. The van der Waals surface area contributed by atoms with Gasteiger partial charge in [-0.25, -0.2) is 0 Å². The first-order valence-electron chi connectivity index (χ1n) is 13.6. The molecule has 0 saturated heterocycles. The molecule has 0 amide bonds. The van der Waals surface area contributed by atoms with E-state index >= 15 is 0 Å². The van der Waals surface area contributed by atoms with Crippen molar-refractivity contribution in [1.29, 1.82) is 0 Å². The van der Waals surface area contributed by atoms with Gasteiger partial charge in [0.1, 0.15) is 0 Å². The molecule has 4 rings (SSSR count). The number of rotatable bonds is 5. The van der Waals surface area contributed by atoms with Gasteiger partial charge in [0, 0.05) is 0 Å². The van der Waals surface area contributed by atoms with E-state index in [9.17, 15) is 20.4 Å². The lowest BCUT2D eigenvalue weighted by atomic mass is 9.44. The van der Waals surface area contributed by atoms with E-state index in [1.807, 2.05) is 0 Å². The second-order valence-corrected chi connectivity index (χ2v) is 13.4. The Labute approximate surface area is 196 Å². The lowest BCUT2D eigenvalue weighted by Gasteiger charge is -2.61. The Hall–Kier alpha value is -0.160. The maximum atomic E-state index is 11.2. The van der Waals surface area contributed by atoms with Gasteiger partial charge in [-0.15, -0.1) is 0 Å². The molecule has 186 valence electrons. The number of hydrogen-bond acceptors (Lipinski definition) is 4. The number of hydrogen-bond donors (Lipinski definition) is 4. The lowest BCUT2D eigenvalue weighted by molar-refractivity contribution is -0.163. The average molecular weight is 451 g/mol. The molecule has 4 aliphatic carbocycles. The number of fused-ring (bicyclic) bond motifs is 5. The molecule has 0 spiro atoms. The molecule has 4 N–H and O–H groups in total. The van der Waals surface area contributed by atoms with Crippen LogP contribution >= 0.6 is 0 Å². The molecule has 4 heteroatoms. The van der Waals surface area contributed by atoms with Gasteiger partial charge >= 0.3 is 0 Å². The first-order chi connectivity index (χ1) is 14.9. The average Bonchev–Trinajstić information content (AvgIpc) is 3.09. The van der Waals surface area contributed by atoms with Crippen LogP contribution in [0.25, 0.3) is 0 Å². The second kappa shape index (κ2) is 8.81. The highest BCUT2D eigenvalue weighted by Gasteiger charge is 2.62. The van der Waals surface area contributed by atoms with Crippen LogP contribution in [0.2, 0.25) is 0 Å². The van der Waals surface area contributed by atoms with Crippen molar-refractivity contribution in [3.05, 3.63) is 0 Å². The van der Waals surface area contributed by atoms with Gasteiger partial charge in [-0.1, -0.05) is 41.5 Å². The first kappa shape index (κ1) is 24.9. The Morgan fingerprint density at radius 3 is 2.06 bits per heavy atom. The fourth-order valence-electron chi connectivity index (χ4n) is 9.43. The van der Waals surface area contributed by atoms with Gasteiger partial charge in [0.2, 0.25) is 0 Å². The summed E-state index contributed by atoms with van der Waals surface area (Å²) in [6, 6.07) is 0. The smallest absolute Gasteiger partial charge is 0.0830 e. The minimum absolute atomic E-state index is 0.0940. The molecule has 4 aliphatic rings. The van der Waals surface area contributed by atoms with E-state index in [-0.39, 0.29) is 22.7 Å². The predicted octanol–water partition coefficient (Wildman–Crippen LogP) is 4.63. The zero-order valence-electron chi connectivity index (χ0n) is 21.4. The number of aliphatic hydroxyl groups is 4. The van der Waals surface area contributed by atoms with Crippen LogP contribution in [0.1, 0.15) is 92.9 Å². The maximum absolute atomic E-state index is 11.2. The highest BCUT2D eigenvalue weighted by molar-refractivity contribution is 5.11. The summed E-state index contributed by atoms with van der Waals surface area (Å²) in [7, 11) is 0. The Morgan fingerprint density at radius 1 is 0.750 bits per heavy atom. The third-order valence-electron chi connectivity index (χ3n) is 11.9. The van der Waals surface area contributed by atoms with Crippen LogP contribution in [0.5, 0.6) is 0 Å². The Balaban J connectivity index is 1.52. The molecule has 13 atom stereocenters. The zero-order chi connectivity index (χ0) is 23.6. The van der Waals surface area contributed by atoms with E-state index in [0.717, 1.165) is 19.3 Å². The first-order valence-corrected chi connectivity index (χ1v) is 13.6. The van der Waals surface area contributed by atoms with Gasteiger partial charge in [0.15, 0.2) is 0 Å². The molecule has 32 heavy (non-hydrogen) atoms. The lowest BCUT2D eigenvalue weighted by Crippen LogP contribution is -2.57. The van der Waals surface area contributed by atoms with E-state index in [4.69, 9.17) is 0 Å². The van der Waals surface area contributed by atoms with E-state index in [2.05, 4.69) is 41.5 Å². The van der Waals surface area contributed by atoms with Crippen LogP contribution in [0.4, 0.5) is 0 Å². The van der Waals surface area contributed by atoms with Gasteiger partial charge < -0.3 is 20.4 Å². The molecule has 0 aromatic carbocycles. The van der Waals surface area contributed by atoms with Crippen LogP contribution in [0.15, 0.2) is 0 Å². The largest absolute Gasteiger partial charge is 0.390 e. The van der Waals surface area contributed by atoms with Crippen LogP contribution in [0.3, 0.4) is 0 Å². The Bertz CT molecular complexity index is 666. The standard InChI is InChI=1S/C28H50O4/c1-15(2)16(3)25(31)26(32)17(4)20-9-10-21-19-8-7-18-13-23(29)24(30)14-28(18,6)22(19)11-12-27(20,21)5/h15-26,29-32H,7-14H2,1-6H3/t16-,17-,18-,19+,20-,21-,22-,23-,24+,25+,26+,27+,28-/m0/s1. The molecule has 4 fully saturated rings. The summed E-state index contributed by atoms with van der Waals surface area (Å²) >= 11 is 0. The van der Waals surface area contributed by atoms with E-state index in [1.54, 1.807) is 0 Å². The van der Waals surface area contributed by atoms with E-state index in [1.165, 1.54) is 32.1 Å². The number of aliphatic hydroxyl groups excluding tert-OH is 4. The molecule has 0 aliphatic heterocycles. The molecule has 0 unspecified atom stereocenters. The molecule has 0 radical (unpaired) electrons. The SMILES string of the molecule is CC(C)[C@H](C)[C@@H](O)[C@H](O)[C@@H](C)[C@@H]1CC[C@H]2[C@H]3CC[C@H]4C[C@H](O)[C@H](O)C[C@]4(C)[C@H]3CC[C@]12C. The van der Waals surface area contributed by atoms with Gasteiger partial charge in [0.25, 0.3) is 0 Å². The summed E-state index contributed by atoms with van der Waals surface area (Å²) in [6.45, 7) is 13.4. The van der Waals surface area contributed by atoms with Gasteiger partial charge in [-0.3, -0.25) is 0 Å². The summed E-state index contributed by atoms with van der Waals surface area (Å²) in [5.74, 6) is 3.59. The molecule has 0 aromatic heterocycles. The topological polar surface area (TPSA) is 80.9 Å². The van der Waals surface area contributed by atoms with Crippen molar-refractivity contribution in [2.24, 2.45) is 58.2 Å². The van der Waals surface area contributed by atoms with Crippen molar-refractivity contribution in [1.82, 2.24) is 0 Å². The second-order valence-electron chi connectivity index (χ2n) is 13.4. The van der Waals surface area contributed by atoms with Crippen LogP contribution < -0.4 is 0 Å².